The van der Waals surface area contributed by atoms with E-state index in [1.54, 1.807) is 19.1 Å². The summed E-state index contributed by atoms with van der Waals surface area (Å²) in [6.45, 7) is 0.367. The van der Waals surface area contributed by atoms with Gasteiger partial charge in [0.2, 0.25) is 5.91 Å². The molecule has 0 radical (unpaired) electrons. The molecule has 1 amide bonds. The minimum absolute atomic E-state index is 0.0216. The van der Waals surface area contributed by atoms with Crippen LogP contribution in [-0.2, 0) is 11.3 Å². The third-order valence-corrected chi connectivity index (χ3v) is 3.10. The first-order chi connectivity index (χ1) is 10.1. The van der Waals surface area contributed by atoms with Crippen LogP contribution in [0.15, 0.2) is 18.2 Å². The van der Waals surface area contributed by atoms with Crippen LogP contribution >= 0.6 is 0 Å². The number of alkyl halides is 2. The van der Waals surface area contributed by atoms with E-state index in [9.17, 15) is 13.6 Å². The summed E-state index contributed by atoms with van der Waals surface area (Å²) in [5, 5.41) is 5.97. The fourth-order valence-corrected chi connectivity index (χ4v) is 2.14. The summed E-state index contributed by atoms with van der Waals surface area (Å²) >= 11 is 0. The van der Waals surface area contributed by atoms with Crippen molar-refractivity contribution < 1.29 is 23.0 Å². The van der Waals surface area contributed by atoms with Crippen LogP contribution in [0.25, 0.3) is 0 Å². The molecule has 116 valence electrons. The molecule has 1 aromatic carbocycles. The van der Waals surface area contributed by atoms with Crippen molar-refractivity contribution in [2.45, 2.75) is 32.5 Å². The van der Waals surface area contributed by atoms with Crippen molar-refractivity contribution in [2.75, 3.05) is 13.2 Å². The largest absolute Gasteiger partial charge is 0.490 e. The summed E-state index contributed by atoms with van der Waals surface area (Å²) in [5.41, 5.74) is 0.874. The number of carbonyl (C=O) groups is 1. The number of amides is 1. The van der Waals surface area contributed by atoms with Gasteiger partial charge in [0.25, 0.3) is 0 Å². The fraction of sp³-hybridized carbons (Fsp3) is 0.500. The Balaban J connectivity index is 1.99. The maximum atomic E-state index is 12.3. The first-order valence-electron chi connectivity index (χ1n) is 6.79. The lowest BCUT2D eigenvalue weighted by Crippen LogP contribution is -2.30. The molecule has 2 rings (SSSR count). The number of hydrogen-bond donors (Lipinski definition) is 2. The van der Waals surface area contributed by atoms with Gasteiger partial charge in [-0.05, 0) is 24.6 Å². The molecule has 0 aliphatic carbocycles. The van der Waals surface area contributed by atoms with Crippen LogP contribution in [-0.4, -0.2) is 31.7 Å². The van der Waals surface area contributed by atoms with Crippen molar-refractivity contribution >= 4 is 5.91 Å². The summed E-state index contributed by atoms with van der Waals surface area (Å²) in [4.78, 5) is 11.1. The van der Waals surface area contributed by atoms with Crippen LogP contribution in [0, 0.1) is 0 Å². The van der Waals surface area contributed by atoms with Gasteiger partial charge in [-0.15, -0.1) is 0 Å². The van der Waals surface area contributed by atoms with E-state index in [1.165, 1.54) is 6.07 Å². The lowest BCUT2D eigenvalue weighted by Gasteiger charge is -2.14. The predicted molar refractivity (Wildman–Crippen MR) is 72.5 cm³/mol. The zero-order chi connectivity index (χ0) is 15.2. The van der Waals surface area contributed by atoms with E-state index in [-0.39, 0.29) is 23.4 Å². The van der Waals surface area contributed by atoms with Crippen molar-refractivity contribution in [1.29, 1.82) is 0 Å². The molecule has 7 heteroatoms. The number of benzene rings is 1. The van der Waals surface area contributed by atoms with Gasteiger partial charge in [0.1, 0.15) is 0 Å². The normalized spacial score (nSPS) is 17.9. The molecule has 1 aromatic rings. The summed E-state index contributed by atoms with van der Waals surface area (Å²) in [6.07, 6.45) is 0.449. The molecule has 1 fully saturated rings. The maximum Gasteiger partial charge on any atom is 0.387 e. The molecule has 0 saturated carbocycles. The van der Waals surface area contributed by atoms with Crippen LogP contribution in [0.2, 0.25) is 0 Å². The highest BCUT2D eigenvalue weighted by atomic mass is 19.3. The van der Waals surface area contributed by atoms with Crippen molar-refractivity contribution in [3.8, 4) is 11.5 Å². The number of carbonyl (C=O) groups excluding carboxylic acids is 1. The lowest BCUT2D eigenvalue weighted by molar-refractivity contribution is -0.119. The van der Waals surface area contributed by atoms with Gasteiger partial charge >= 0.3 is 6.61 Å². The third kappa shape index (κ3) is 4.56. The molecule has 2 N–H and O–H groups in total. The number of ether oxygens (including phenoxy) is 2. The van der Waals surface area contributed by atoms with Crippen LogP contribution in [0.3, 0.4) is 0 Å². The van der Waals surface area contributed by atoms with E-state index in [2.05, 4.69) is 15.4 Å². The molecule has 0 spiro atoms. The molecule has 1 atom stereocenters. The molecule has 5 nitrogen and oxygen atoms in total. The third-order valence-electron chi connectivity index (χ3n) is 3.10. The lowest BCUT2D eigenvalue weighted by atomic mass is 10.1. The number of rotatable bonds is 7. The standard InChI is InChI=1S/C14H18F2N2O3/c1-2-20-12-5-9(3-4-11(12)21-14(15)16)7-17-10-6-13(19)18-8-10/h3-5,10,14,17H,2,6-8H2,1H3,(H,18,19). The van der Waals surface area contributed by atoms with Crippen molar-refractivity contribution in [3.63, 3.8) is 0 Å². The molecule has 1 unspecified atom stereocenters. The first kappa shape index (κ1) is 15.5. The van der Waals surface area contributed by atoms with Gasteiger partial charge in [0, 0.05) is 25.6 Å². The second kappa shape index (κ2) is 7.21. The summed E-state index contributed by atoms with van der Waals surface area (Å²) in [6, 6.07) is 4.91. The molecule has 1 heterocycles. The van der Waals surface area contributed by atoms with Crippen LogP contribution < -0.4 is 20.1 Å². The topological polar surface area (TPSA) is 59.6 Å². The minimum Gasteiger partial charge on any atom is -0.490 e. The molecule has 1 aliphatic rings. The number of halogens is 2. The smallest absolute Gasteiger partial charge is 0.387 e. The summed E-state index contributed by atoms with van der Waals surface area (Å²) in [7, 11) is 0. The van der Waals surface area contributed by atoms with Gasteiger partial charge in [-0.3, -0.25) is 4.79 Å². The molecule has 1 saturated heterocycles. The quantitative estimate of drug-likeness (QED) is 0.804. The zero-order valence-corrected chi connectivity index (χ0v) is 11.7. The average molecular weight is 300 g/mol. The van der Waals surface area contributed by atoms with E-state index in [4.69, 9.17) is 4.74 Å². The SMILES string of the molecule is CCOc1cc(CNC2CNC(=O)C2)ccc1OC(F)F. The Kier molecular flexibility index (Phi) is 5.32. The van der Waals surface area contributed by atoms with Gasteiger partial charge in [-0.1, -0.05) is 6.07 Å². The molecule has 1 aliphatic heterocycles. The van der Waals surface area contributed by atoms with Crippen LogP contribution in [0.5, 0.6) is 11.5 Å². The summed E-state index contributed by atoms with van der Waals surface area (Å²) in [5.74, 6) is 0.342. The highest BCUT2D eigenvalue weighted by Gasteiger charge is 2.20. The average Bonchev–Trinajstić information content (AvgIpc) is 2.84. The number of nitrogens with one attached hydrogen (secondary N) is 2. The molecule has 0 bridgehead atoms. The Morgan fingerprint density at radius 3 is 2.86 bits per heavy atom. The van der Waals surface area contributed by atoms with Gasteiger partial charge in [-0.2, -0.15) is 8.78 Å². The Labute approximate surface area is 121 Å². The molecular weight excluding hydrogens is 282 g/mol. The first-order valence-corrected chi connectivity index (χ1v) is 6.79. The highest BCUT2D eigenvalue weighted by molar-refractivity contribution is 5.78. The van der Waals surface area contributed by atoms with Crippen LogP contribution in [0.1, 0.15) is 18.9 Å². The Morgan fingerprint density at radius 1 is 1.43 bits per heavy atom. The zero-order valence-electron chi connectivity index (χ0n) is 11.7. The van der Waals surface area contributed by atoms with Gasteiger partial charge in [-0.25, -0.2) is 0 Å². The Hall–Kier alpha value is -1.89. The van der Waals surface area contributed by atoms with Gasteiger partial charge < -0.3 is 20.1 Å². The van der Waals surface area contributed by atoms with E-state index >= 15 is 0 Å². The van der Waals surface area contributed by atoms with Gasteiger partial charge in [0.15, 0.2) is 11.5 Å². The second-order valence-corrected chi connectivity index (χ2v) is 4.68. The minimum atomic E-state index is -2.89. The van der Waals surface area contributed by atoms with E-state index < -0.39 is 6.61 Å². The van der Waals surface area contributed by atoms with Gasteiger partial charge in [0.05, 0.1) is 6.61 Å². The molecule has 0 aromatic heterocycles. The number of hydrogen-bond acceptors (Lipinski definition) is 4. The summed E-state index contributed by atoms with van der Waals surface area (Å²) < 4.78 is 34.3. The van der Waals surface area contributed by atoms with E-state index in [0.29, 0.717) is 26.1 Å². The second-order valence-electron chi connectivity index (χ2n) is 4.68. The fourth-order valence-electron chi connectivity index (χ4n) is 2.14. The van der Waals surface area contributed by atoms with E-state index in [1.807, 2.05) is 0 Å². The highest BCUT2D eigenvalue weighted by Crippen LogP contribution is 2.29. The molecular formula is C14H18F2N2O3. The van der Waals surface area contributed by atoms with Crippen LogP contribution in [0.4, 0.5) is 8.78 Å². The van der Waals surface area contributed by atoms with Crippen molar-refractivity contribution in [3.05, 3.63) is 23.8 Å². The van der Waals surface area contributed by atoms with Crippen molar-refractivity contribution in [2.24, 2.45) is 0 Å². The maximum absolute atomic E-state index is 12.3. The van der Waals surface area contributed by atoms with Crippen molar-refractivity contribution in [1.82, 2.24) is 10.6 Å². The van der Waals surface area contributed by atoms with E-state index in [0.717, 1.165) is 5.56 Å². The molecule has 21 heavy (non-hydrogen) atoms. The monoisotopic (exact) mass is 300 g/mol. The predicted octanol–water partition coefficient (Wildman–Crippen LogP) is 1.66. The Bertz CT molecular complexity index is 497. The Morgan fingerprint density at radius 2 is 2.24 bits per heavy atom.